The van der Waals surface area contributed by atoms with E-state index in [1.165, 1.54) is 22.1 Å². The monoisotopic (exact) mass is 386 g/mol. The maximum absolute atomic E-state index is 3.53. The second kappa shape index (κ2) is 6.92. The van der Waals surface area contributed by atoms with Crippen LogP contribution >= 0.6 is 0 Å². The number of para-hydroxylation sites is 4. The Hall–Kier alpha value is -3.79. The molecule has 0 atom stereocenters. The van der Waals surface area contributed by atoms with Crippen LogP contribution in [0.5, 0.6) is 0 Å². The van der Waals surface area contributed by atoms with Gasteiger partial charge in [-0.05, 0) is 46.3 Å². The minimum atomic E-state index is 0.111. The molecule has 4 nitrogen and oxygen atoms in total. The lowest BCUT2D eigenvalue weighted by molar-refractivity contribution is 1.64. The lowest BCUT2D eigenvalue weighted by Crippen LogP contribution is -2.42. The summed E-state index contributed by atoms with van der Waals surface area (Å²) in [6.45, 7) is 0.222. The highest BCUT2D eigenvalue weighted by Crippen LogP contribution is 2.28. The molecule has 0 amide bonds. The minimum absolute atomic E-state index is 0.111. The quantitative estimate of drug-likeness (QED) is 0.405. The van der Waals surface area contributed by atoms with Crippen molar-refractivity contribution in [2.75, 3.05) is 20.9 Å². The van der Waals surface area contributed by atoms with Gasteiger partial charge >= 0.3 is 14.0 Å². The summed E-state index contributed by atoms with van der Waals surface area (Å²) >= 11 is 0. The molecule has 30 heavy (non-hydrogen) atoms. The first kappa shape index (κ1) is 17.1. The van der Waals surface area contributed by atoms with E-state index in [0.717, 1.165) is 22.7 Å². The van der Waals surface area contributed by atoms with E-state index in [1.807, 2.05) is 0 Å². The highest BCUT2D eigenvalue weighted by atomic mass is 15.0. The van der Waals surface area contributed by atoms with Crippen molar-refractivity contribution in [1.82, 2.24) is 0 Å². The van der Waals surface area contributed by atoms with Crippen molar-refractivity contribution < 1.29 is 0 Å². The van der Waals surface area contributed by atoms with Crippen molar-refractivity contribution in [2.24, 2.45) is 0 Å². The summed E-state index contributed by atoms with van der Waals surface area (Å²) in [6, 6.07) is 34.2. The highest BCUT2D eigenvalue weighted by Gasteiger charge is 2.27. The average molecular weight is 386 g/mol. The van der Waals surface area contributed by atoms with E-state index in [0.29, 0.717) is 0 Å². The largest absolute Gasteiger partial charge is 0.406 e. The molecule has 0 fully saturated rings. The van der Waals surface area contributed by atoms with Gasteiger partial charge in [0, 0.05) is 22.7 Å². The first-order valence-electron chi connectivity index (χ1n) is 10.3. The molecule has 4 aromatic carbocycles. The van der Waals surface area contributed by atoms with Crippen molar-refractivity contribution in [1.29, 1.82) is 0 Å². The van der Waals surface area contributed by atoms with Gasteiger partial charge in [0.1, 0.15) is 0 Å². The fourth-order valence-electron chi connectivity index (χ4n) is 4.23. The van der Waals surface area contributed by atoms with Gasteiger partial charge in [0.25, 0.3) is 0 Å². The van der Waals surface area contributed by atoms with Gasteiger partial charge in [-0.1, -0.05) is 72.8 Å². The molecule has 4 aromatic rings. The third-order valence-corrected chi connectivity index (χ3v) is 5.87. The molecule has 0 spiro atoms. The number of anilines is 4. The number of nitrogens with one attached hydrogen (secondary N) is 4. The van der Waals surface area contributed by atoms with Crippen molar-refractivity contribution in [2.45, 2.75) is 0 Å². The van der Waals surface area contributed by atoms with Crippen LogP contribution in [-0.4, -0.2) is 14.0 Å². The summed E-state index contributed by atoms with van der Waals surface area (Å²) in [5, 5.41) is 14.1. The predicted molar refractivity (Wildman–Crippen MR) is 130 cm³/mol. The molecule has 6 rings (SSSR count). The molecule has 142 valence electrons. The van der Waals surface area contributed by atoms with E-state index in [2.05, 4.69) is 118 Å². The first-order chi connectivity index (χ1) is 14.8. The number of hydrogen-bond acceptors (Lipinski definition) is 4. The summed E-state index contributed by atoms with van der Waals surface area (Å²) in [4.78, 5) is 0. The zero-order valence-corrected chi connectivity index (χ0v) is 16.4. The zero-order chi connectivity index (χ0) is 19.9. The SMILES string of the molecule is c1ccc2c(c1)NB(c1ccc(-c3ccc(B4Nc5ccccc5N4)cc3)cc1)N2. The van der Waals surface area contributed by atoms with Crippen molar-refractivity contribution in [3.05, 3.63) is 97.1 Å². The zero-order valence-electron chi connectivity index (χ0n) is 16.4. The molecule has 4 N–H and O–H groups in total. The molecule has 0 aromatic heterocycles. The van der Waals surface area contributed by atoms with Gasteiger partial charge in [0.15, 0.2) is 0 Å². The van der Waals surface area contributed by atoms with Gasteiger partial charge < -0.3 is 20.9 Å². The lowest BCUT2D eigenvalue weighted by atomic mass is 9.68. The number of benzene rings is 4. The van der Waals surface area contributed by atoms with Gasteiger partial charge in [-0.3, -0.25) is 0 Å². The van der Waals surface area contributed by atoms with Gasteiger partial charge in [-0.15, -0.1) is 0 Å². The molecule has 2 heterocycles. The van der Waals surface area contributed by atoms with Crippen LogP contribution in [0, 0.1) is 0 Å². The lowest BCUT2D eigenvalue weighted by Gasteiger charge is -2.11. The predicted octanol–water partition coefficient (Wildman–Crippen LogP) is 3.82. The van der Waals surface area contributed by atoms with Crippen LogP contribution in [-0.2, 0) is 0 Å². The Morgan fingerprint density at radius 2 is 0.667 bits per heavy atom. The molecule has 0 saturated carbocycles. The smallest absolute Gasteiger partial charge is 0.404 e. The Kier molecular flexibility index (Phi) is 3.94. The molecule has 6 heteroatoms. The van der Waals surface area contributed by atoms with E-state index in [-0.39, 0.29) is 14.0 Å². The van der Waals surface area contributed by atoms with Gasteiger partial charge in [0.05, 0.1) is 0 Å². The van der Waals surface area contributed by atoms with E-state index in [1.54, 1.807) is 0 Å². The fraction of sp³-hybridized carbons (Fsp3) is 0. The number of fused-ring (bicyclic) bond motifs is 2. The summed E-state index contributed by atoms with van der Waals surface area (Å²) < 4.78 is 0. The van der Waals surface area contributed by atoms with E-state index >= 15 is 0 Å². The minimum Gasteiger partial charge on any atom is -0.404 e. The molecule has 2 aliphatic heterocycles. The second-order valence-electron chi connectivity index (χ2n) is 7.78. The normalized spacial score (nSPS) is 13.6. The third-order valence-electron chi connectivity index (χ3n) is 5.87. The molecule has 2 aliphatic rings. The van der Waals surface area contributed by atoms with Gasteiger partial charge in [-0.25, -0.2) is 0 Å². The first-order valence-corrected chi connectivity index (χ1v) is 10.3. The van der Waals surface area contributed by atoms with E-state index in [4.69, 9.17) is 0 Å². The van der Waals surface area contributed by atoms with Crippen LogP contribution in [0.4, 0.5) is 22.7 Å². The Labute approximate surface area is 177 Å². The maximum atomic E-state index is 3.53. The van der Waals surface area contributed by atoms with Crippen LogP contribution in [0.15, 0.2) is 97.1 Å². The highest BCUT2D eigenvalue weighted by molar-refractivity contribution is 6.81. The maximum Gasteiger partial charge on any atom is 0.406 e. The molecular weight excluding hydrogens is 366 g/mol. The summed E-state index contributed by atoms with van der Waals surface area (Å²) in [6.07, 6.45) is 0. The molecule has 0 radical (unpaired) electrons. The van der Waals surface area contributed by atoms with E-state index < -0.39 is 0 Å². The molecule has 0 saturated heterocycles. The van der Waals surface area contributed by atoms with Crippen LogP contribution in [0.1, 0.15) is 0 Å². The number of rotatable bonds is 3. The number of hydrogen-bond donors (Lipinski definition) is 4. The molecule has 0 bridgehead atoms. The van der Waals surface area contributed by atoms with Crippen molar-refractivity contribution in [3.8, 4) is 11.1 Å². The average Bonchev–Trinajstić information content (AvgIpc) is 3.44. The van der Waals surface area contributed by atoms with E-state index in [9.17, 15) is 0 Å². The van der Waals surface area contributed by atoms with Crippen molar-refractivity contribution in [3.63, 3.8) is 0 Å². The van der Waals surface area contributed by atoms with Crippen LogP contribution < -0.4 is 31.8 Å². The third kappa shape index (κ3) is 2.98. The Morgan fingerprint density at radius 1 is 0.367 bits per heavy atom. The standard InChI is InChI=1S/C24H20B2N4/c1-2-6-22-21(5-1)27-25(28-22)19-13-9-17(10-14-19)18-11-15-20(16-12-18)26-29-23-7-3-4-8-24(23)30-26/h1-16,27-30H. The van der Waals surface area contributed by atoms with Gasteiger partial charge in [0.2, 0.25) is 0 Å². The summed E-state index contributed by atoms with van der Waals surface area (Å²) in [7, 11) is 0. The summed E-state index contributed by atoms with van der Waals surface area (Å²) in [5.41, 5.74) is 9.49. The van der Waals surface area contributed by atoms with Crippen molar-refractivity contribution >= 4 is 47.6 Å². The fourth-order valence-corrected chi connectivity index (χ4v) is 4.23. The topological polar surface area (TPSA) is 48.1 Å². The van der Waals surface area contributed by atoms with Crippen LogP contribution in [0.2, 0.25) is 0 Å². The second-order valence-corrected chi connectivity index (χ2v) is 7.78. The Morgan fingerprint density at radius 3 is 0.967 bits per heavy atom. The Bertz CT molecular complexity index is 1060. The molecule has 0 aliphatic carbocycles. The van der Waals surface area contributed by atoms with Gasteiger partial charge in [-0.2, -0.15) is 0 Å². The summed E-state index contributed by atoms with van der Waals surface area (Å²) in [5.74, 6) is 0. The molecule has 0 unspecified atom stereocenters. The molecular formula is C24H20B2N4. The van der Waals surface area contributed by atoms with Crippen LogP contribution in [0.3, 0.4) is 0 Å². The Balaban J connectivity index is 1.17. The van der Waals surface area contributed by atoms with Crippen LogP contribution in [0.25, 0.3) is 11.1 Å².